The van der Waals surface area contributed by atoms with E-state index in [0.29, 0.717) is 6.42 Å². The highest BCUT2D eigenvalue weighted by molar-refractivity contribution is 5.94. The lowest BCUT2D eigenvalue weighted by atomic mass is 10.0. The normalized spacial score (nSPS) is 13.5. The second kappa shape index (κ2) is 17.1. The third-order valence-electron chi connectivity index (χ3n) is 6.00. The maximum absolute atomic E-state index is 13.2. The molecule has 7 N–H and O–H groups in total. The monoisotopic (exact) mass is 575 g/mol. The van der Waals surface area contributed by atoms with Crippen LogP contribution in [0.15, 0.2) is 24.3 Å². The summed E-state index contributed by atoms with van der Waals surface area (Å²) in [7, 11) is 0. The lowest BCUT2D eigenvalue weighted by Gasteiger charge is -2.27. The van der Waals surface area contributed by atoms with Crippen molar-refractivity contribution in [3.8, 4) is 11.8 Å². The van der Waals surface area contributed by atoms with E-state index in [1.54, 1.807) is 32.0 Å². The minimum atomic E-state index is -1.38. The maximum Gasteiger partial charge on any atom is 0.303 e. The number of nitrogens with one attached hydrogen (secondary N) is 4. The van der Waals surface area contributed by atoms with Crippen LogP contribution in [0.4, 0.5) is 0 Å². The van der Waals surface area contributed by atoms with E-state index in [-0.39, 0.29) is 31.4 Å². The van der Waals surface area contributed by atoms with Gasteiger partial charge in [-0.1, -0.05) is 26.0 Å². The van der Waals surface area contributed by atoms with Gasteiger partial charge in [-0.15, -0.1) is 0 Å². The second-order valence-electron chi connectivity index (χ2n) is 9.80. The molecule has 224 valence electrons. The topological polar surface area (TPSA) is 235 Å². The van der Waals surface area contributed by atoms with Gasteiger partial charge in [0.2, 0.25) is 23.6 Å². The van der Waals surface area contributed by atoms with Gasteiger partial charge in [0.25, 0.3) is 0 Å². The lowest BCUT2D eigenvalue weighted by Crippen LogP contribution is -2.58. The summed E-state index contributed by atoms with van der Waals surface area (Å²) in [6.45, 7) is 4.44. The number of hydrogen-bond acceptors (Lipinski definition) is 8. The van der Waals surface area contributed by atoms with Crippen molar-refractivity contribution in [3.63, 3.8) is 0 Å². The van der Waals surface area contributed by atoms with Gasteiger partial charge in [0.1, 0.15) is 29.9 Å². The first-order chi connectivity index (χ1) is 19.2. The largest absolute Gasteiger partial charge is 0.508 e. The Morgan fingerprint density at radius 3 is 1.83 bits per heavy atom. The molecule has 0 bridgehead atoms. The molecule has 14 heteroatoms. The van der Waals surface area contributed by atoms with E-state index in [0.717, 1.165) is 5.56 Å². The van der Waals surface area contributed by atoms with Crippen LogP contribution in [0.25, 0.3) is 0 Å². The van der Waals surface area contributed by atoms with Gasteiger partial charge in [-0.2, -0.15) is 5.26 Å². The standard InChI is InChI=1S/C27H37N5O9/c1-15(2)24(27(41)30-18(14-28)7-12-22(35)36)32-26(40)21(11-13-23(37)38)31-25(39)20(29-16(3)33)10-6-17-4-8-19(34)9-5-17/h4-5,8-9,15,18,20-21,24,34H,6-7,10-13H2,1-3H3,(H,29,33)(H,30,41)(H,31,39)(H,32,40)(H,35,36)(H,37,38)/t18-,20-,21-,24-/m0/s1. The first-order valence-corrected chi connectivity index (χ1v) is 13.0. The molecule has 4 amide bonds. The molecule has 0 aliphatic heterocycles. The van der Waals surface area contributed by atoms with Gasteiger partial charge in [0.05, 0.1) is 6.07 Å². The molecular formula is C27H37N5O9. The predicted octanol–water partition coefficient (Wildman–Crippen LogP) is 0.193. The molecule has 1 aromatic carbocycles. The van der Waals surface area contributed by atoms with E-state index >= 15 is 0 Å². The third kappa shape index (κ3) is 13.3. The Morgan fingerprint density at radius 1 is 0.780 bits per heavy atom. The van der Waals surface area contributed by atoms with Crippen molar-refractivity contribution in [3.05, 3.63) is 29.8 Å². The van der Waals surface area contributed by atoms with Crippen LogP contribution < -0.4 is 21.3 Å². The lowest BCUT2D eigenvalue weighted by molar-refractivity contribution is -0.138. The Labute approximate surface area is 237 Å². The number of nitrogens with zero attached hydrogens (tertiary/aromatic N) is 1. The zero-order chi connectivity index (χ0) is 31.1. The van der Waals surface area contributed by atoms with Gasteiger partial charge in [-0.05, 0) is 49.3 Å². The van der Waals surface area contributed by atoms with E-state index in [2.05, 4.69) is 21.3 Å². The van der Waals surface area contributed by atoms with Gasteiger partial charge in [-0.25, -0.2) is 0 Å². The maximum atomic E-state index is 13.2. The van der Waals surface area contributed by atoms with Crippen molar-refractivity contribution in [1.82, 2.24) is 21.3 Å². The number of amides is 4. The van der Waals surface area contributed by atoms with E-state index in [4.69, 9.17) is 10.2 Å². The summed E-state index contributed by atoms with van der Waals surface area (Å²) in [6, 6.07) is 3.28. The summed E-state index contributed by atoms with van der Waals surface area (Å²) in [5.74, 6) is -5.66. The van der Waals surface area contributed by atoms with Crippen LogP contribution in [0, 0.1) is 17.2 Å². The number of aromatic hydroxyl groups is 1. The first-order valence-electron chi connectivity index (χ1n) is 13.0. The number of nitriles is 1. The molecule has 0 aliphatic carbocycles. The van der Waals surface area contributed by atoms with Crippen LogP contribution >= 0.6 is 0 Å². The number of aliphatic carboxylic acids is 2. The van der Waals surface area contributed by atoms with Gasteiger partial charge in [0, 0.05) is 19.8 Å². The summed E-state index contributed by atoms with van der Waals surface area (Å²) < 4.78 is 0. The summed E-state index contributed by atoms with van der Waals surface area (Å²) in [4.78, 5) is 72.9. The van der Waals surface area contributed by atoms with Crippen LogP contribution in [-0.2, 0) is 35.2 Å². The average Bonchev–Trinajstić information content (AvgIpc) is 2.89. The zero-order valence-electron chi connectivity index (χ0n) is 23.2. The van der Waals surface area contributed by atoms with Gasteiger partial charge >= 0.3 is 11.9 Å². The molecule has 0 unspecified atom stereocenters. The van der Waals surface area contributed by atoms with Crippen LogP contribution in [0.5, 0.6) is 5.75 Å². The number of carbonyl (C=O) groups excluding carboxylic acids is 4. The van der Waals surface area contributed by atoms with Crippen molar-refractivity contribution < 1.29 is 44.1 Å². The van der Waals surface area contributed by atoms with Gasteiger partial charge in [-0.3, -0.25) is 28.8 Å². The number of carboxylic acids is 2. The second-order valence-corrected chi connectivity index (χ2v) is 9.80. The van der Waals surface area contributed by atoms with Crippen molar-refractivity contribution >= 4 is 35.6 Å². The van der Waals surface area contributed by atoms with E-state index in [9.17, 15) is 39.1 Å². The molecule has 0 heterocycles. The van der Waals surface area contributed by atoms with Crippen molar-refractivity contribution in [2.24, 2.45) is 5.92 Å². The third-order valence-corrected chi connectivity index (χ3v) is 6.00. The molecule has 0 fully saturated rings. The minimum Gasteiger partial charge on any atom is -0.508 e. The number of carboxylic acid groups (broad SMARTS) is 2. The highest BCUT2D eigenvalue weighted by atomic mass is 16.4. The zero-order valence-corrected chi connectivity index (χ0v) is 23.2. The van der Waals surface area contributed by atoms with Crippen molar-refractivity contribution in [1.29, 1.82) is 5.26 Å². The first kappa shape index (κ1) is 34.4. The molecule has 41 heavy (non-hydrogen) atoms. The molecule has 0 saturated carbocycles. The molecule has 1 aromatic rings. The number of phenols is 1. The Kier molecular flexibility index (Phi) is 14.3. The number of benzene rings is 1. The summed E-state index contributed by atoms with van der Waals surface area (Å²) >= 11 is 0. The van der Waals surface area contributed by atoms with Crippen LogP contribution in [-0.4, -0.2) is 75.1 Å². The SMILES string of the molecule is CC(=O)N[C@@H](CCc1ccc(O)cc1)C(=O)N[C@@H](CCC(=O)O)C(=O)N[C@H](C(=O)N[C@H](C#N)CCC(=O)O)C(C)C. The molecule has 0 radical (unpaired) electrons. The summed E-state index contributed by atoms with van der Waals surface area (Å²) in [5, 5.41) is 46.6. The predicted molar refractivity (Wildman–Crippen MR) is 144 cm³/mol. The Hall–Kier alpha value is -4.67. The molecule has 14 nitrogen and oxygen atoms in total. The molecule has 0 aromatic heterocycles. The van der Waals surface area contributed by atoms with Crippen molar-refractivity contribution in [2.45, 2.75) is 83.5 Å². The van der Waals surface area contributed by atoms with E-state index in [1.807, 2.05) is 0 Å². The smallest absolute Gasteiger partial charge is 0.303 e. The van der Waals surface area contributed by atoms with Crippen LogP contribution in [0.3, 0.4) is 0 Å². The van der Waals surface area contributed by atoms with Crippen LogP contribution in [0.2, 0.25) is 0 Å². The number of rotatable bonds is 17. The molecular weight excluding hydrogens is 538 g/mol. The summed E-state index contributed by atoms with van der Waals surface area (Å²) in [5.41, 5.74) is 0.774. The number of carbonyl (C=O) groups is 6. The highest BCUT2D eigenvalue weighted by Gasteiger charge is 2.31. The number of hydrogen-bond donors (Lipinski definition) is 7. The molecule has 0 spiro atoms. The molecule has 1 rings (SSSR count). The van der Waals surface area contributed by atoms with Crippen molar-refractivity contribution in [2.75, 3.05) is 0 Å². The average molecular weight is 576 g/mol. The van der Waals surface area contributed by atoms with E-state index in [1.165, 1.54) is 19.1 Å². The Bertz CT molecular complexity index is 1130. The van der Waals surface area contributed by atoms with Gasteiger partial charge in [0.15, 0.2) is 0 Å². The highest BCUT2D eigenvalue weighted by Crippen LogP contribution is 2.13. The minimum absolute atomic E-state index is 0.0639. The van der Waals surface area contributed by atoms with Crippen LogP contribution in [0.1, 0.15) is 58.4 Å². The molecule has 0 aliphatic rings. The fourth-order valence-electron chi connectivity index (χ4n) is 3.78. The van der Waals surface area contributed by atoms with E-state index < -0.39 is 72.1 Å². The molecule has 4 atom stereocenters. The Balaban J connectivity index is 3.04. The quantitative estimate of drug-likeness (QED) is 0.133. The Morgan fingerprint density at radius 2 is 1.32 bits per heavy atom. The fraction of sp³-hybridized carbons (Fsp3) is 0.519. The van der Waals surface area contributed by atoms with Gasteiger partial charge < -0.3 is 36.6 Å². The fourth-order valence-corrected chi connectivity index (χ4v) is 3.78. The molecule has 0 saturated heterocycles. The number of aryl methyl sites for hydroxylation is 1. The summed E-state index contributed by atoms with van der Waals surface area (Å²) in [6.07, 6.45) is -0.843. The number of phenolic OH excluding ortho intramolecular Hbond substituents is 1.